The molecule has 0 aromatic heterocycles. The number of halogens is 2. The van der Waals surface area contributed by atoms with Crippen molar-refractivity contribution in [1.29, 1.82) is 0 Å². The quantitative estimate of drug-likeness (QED) is 0.861. The number of carbonyl (C=O) groups is 1. The van der Waals surface area contributed by atoms with Crippen molar-refractivity contribution in [2.24, 2.45) is 0 Å². The fourth-order valence-electron chi connectivity index (χ4n) is 1.83. The summed E-state index contributed by atoms with van der Waals surface area (Å²) in [5.41, 5.74) is -1.79. The first-order valence-electron chi connectivity index (χ1n) is 4.79. The summed E-state index contributed by atoms with van der Waals surface area (Å²) in [6, 6.07) is 2.17. The first-order valence-corrected chi connectivity index (χ1v) is 4.79. The van der Waals surface area contributed by atoms with E-state index < -0.39 is 23.0 Å². The molecular weight excluding hydrogens is 218 g/mol. The molecule has 2 rings (SSSR count). The van der Waals surface area contributed by atoms with Gasteiger partial charge in [-0.05, 0) is 25.0 Å². The lowest BCUT2D eigenvalue weighted by molar-refractivity contribution is -0.140. The predicted octanol–water partition coefficient (Wildman–Crippen LogP) is 2.09. The molecule has 0 amide bonds. The first kappa shape index (κ1) is 10.9. The van der Waals surface area contributed by atoms with Gasteiger partial charge in [0, 0.05) is 5.56 Å². The molecule has 0 atom stereocenters. The molecule has 1 aromatic rings. The Labute approximate surface area is 90.7 Å². The van der Waals surface area contributed by atoms with Crippen LogP contribution < -0.4 is 4.74 Å². The van der Waals surface area contributed by atoms with E-state index in [1.807, 2.05) is 0 Å². The van der Waals surface area contributed by atoms with Crippen molar-refractivity contribution in [2.75, 3.05) is 7.11 Å². The highest BCUT2D eigenvalue weighted by Gasteiger charge is 2.55. The van der Waals surface area contributed by atoms with Gasteiger partial charge in [-0.2, -0.15) is 0 Å². The van der Waals surface area contributed by atoms with Crippen molar-refractivity contribution in [3.8, 4) is 5.75 Å². The van der Waals surface area contributed by atoms with Gasteiger partial charge >= 0.3 is 5.97 Å². The lowest BCUT2D eigenvalue weighted by Crippen LogP contribution is -2.23. The molecule has 0 heterocycles. The highest BCUT2D eigenvalue weighted by atomic mass is 19.1. The van der Waals surface area contributed by atoms with Crippen LogP contribution in [0, 0.1) is 11.6 Å². The maximum atomic E-state index is 13.8. The number of carboxylic acids is 1. The minimum atomic E-state index is -1.40. The normalized spacial score (nSPS) is 16.9. The van der Waals surface area contributed by atoms with Crippen LogP contribution in [0.5, 0.6) is 5.75 Å². The number of aliphatic carboxylic acids is 1. The molecule has 0 unspecified atom stereocenters. The fraction of sp³-hybridized carbons (Fsp3) is 0.364. The molecule has 0 bridgehead atoms. The topological polar surface area (TPSA) is 46.5 Å². The summed E-state index contributed by atoms with van der Waals surface area (Å²) in [4.78, 5) is 11.0. The maximum absolute atomic E-state index is 13.8. The van der Waals surface area contributed by atoms with E-state index in [-0.39, 0.29) is 24.2 Å². The summed E-state index contributed by atoms with van der Waals surface area (Å²) < 4.78 is 32.0. The standard InChI is InChI=1S/C11H10F2O3/c1-16-7-3-2-6(12)8(9(7)13)11(4-5-11)10(14)15/h2-3H,4-5H2,1H3,(H,14,15). The molecule has 0 radical (unpaired) electrons. The maximum Gasteiger partial charge on any atom is 0.314 e. The summed E-state index contributed by atoms with van der Waals surface area (Å²) >= 11 is 0. The number of methoxy groups -OCH3 is 1. The van der Waals surface area contributed by atoms with Crippen molar-refractivity contribution >= 4 is 5.97 Å². The second kappa shape index (κ2) is 3.43. The molecule has 1 saturated carbocycles. The van der Waals surface area contributed by atoms with Crippen LogP contribution in [-0.2, 0) is 10.2 Å². The molecular formula is C11H10F2O3. The second-order valence-corrected chi connectivity index (χ2v) is 3.83. The van der Waals surface area contributed by atoms with Gasteiger partial charge < -0.3 is 9.84 Å². The molecule has 1 aliphatic rings. The zero-order chi connectivity index (χ0) is 11.9. The number of rotatable bonds is 3. The Morgan fingerprint density at radius 2 is 2.06 bits per heavy atom. The molecule has 1 fully saturated rings. The minimum Gasteiger partial charge on any atom is -0.494 e. The van der Waals surface area contributed by atoms with Crippen LogP contribution in [0.3, 0.4) is 0 Å². The molecule has 1 N–H and O–H groups in total. The number of ether oxygens (including phenoxy) is 1. The summed E-state index contributed by atoms with van der Waals surface area (Å²) in [7, 11) is 1.25. The zero-order valence-corrected chi connectivity index (χ0v) is 8.59. The Kier molecular flexibility index (Phi) is 2.33. The van der Waals surface area contributed by atoms with Crippen LogP contribution in [0.2, 0.25) is 0 Å². The average molecular weight is 228 g/mol. The van der Waals surface area contributed by atoms with Gasteiger partial charge in [-0.25, -0.2) is 8.78 Å². The first-order chi connectivity index (χ1) is 7.53. The van der Waals surface area contributed by atoms with Crippen molar-refractivity contribution in [3.05, 3.63) is 29.3 Å². The van der Waals surface area contributed by atoms with Crippen molar-refractivity contribution in [3.63, 3.8) is 0 Å². The Balaban J connectivity index is 2.60. The highest BCUT2D eigenvalue weighted by Crippen LogP contribution is 2.51. The van der Waals surface area contributed by atoms with Gasteiger partial charge in [0.25, 0.3) is 0 Å². The van der Waals surface area contributed by atoms with Crippen molar-refractivity contribution in [2.45, 2.75) is 18.3 Å². The van der Waals surface area contributed by atoms with E-state index in [1.165, 1.54) is 7.11 Å². The van der Waals surface area contributed by atoms with Crippen LogP contribution >= 0.6 is 0 Å². The van der Waals surface area contributed by atoms with E-state index in [1.54, 1.807) is 0 Å². The van der Waals surface area contributed by atoms with Gasteiger partial charge in [0.05, 0.1) is 12.5 Å². The van der Waals surface area contributed by atoms with Crippen LogP contribution in [0.4, 0.5) is 8.78 Å². The Morgan fingerprint density at radius 1 is 1.44 bits per heavy atom. The van der Waals surface area contributed by atoms with Crippen molar-refractivity contribution < 1.29 is 23.4 Å². The van der Waals surface area contributed by atoms with E-state index in [2.05, 4.69) is 0 Å². The van der Waals surface area contributed by atoms with E-state index >= 15 is 0 Å². The number of benzene rings is 1. The van der Waals surface area contributed by atoms with Gasteiger partial charge in [-0.15, -0.1) is 0 Å². The van der Waals surface area contributed by atoms with E-state index in [0.29, 0.717) is 0 Å². The van der Waals surface area contributed by atoms with Crippen LogP contribution in [0.1, 0.15) is 18.4 Å². The third-order valence-corrected chi connectivity index (χ3v) is 2.91. The number of hydrogen-bond donors (Lipinski definition) is 1. The Morgan fingerprint density at radius 3 is 2.50 bits per heavy atom. The fourth-order valence-corrected chi connectivity index (χ4v) is 1.83. The van der Waals surface area contributed by atoms with Gasteiger partial charge in [0.2, 0.25) is 0 Å². The summed E-state index contributed by atoms with van der Waals surface area (Å²) in [5, 5.41) is 9.00. The van der Waals surface area contributed by atoms with E-state index in [0.717, 1.165) is 12.1 Å². The summed E-state index contributed by atoms with van der Waals surface area (Å²) in [6.45, 7) is 0. The third kappa shape index (κ3) is 1.35. The lowest BCUT2D eigenvalue weighted by Gasteiger charge is -2.14. The Bertz CT molecular complexity index is 453. The number of carboxylic acid groups (broad SMARTS) is 1. The second-order valence-electron chi connectivity index (χ2n) is 3.83. The van der Waals surface area contributed by atoms with Gasteiger partial charge in [0.15, 0.2) is 11.6 Å². The molecule has 1 aromatic carbocycles. The van der Waals surface area contributed by atoms with Crippen LogP contribution in [0.25, 0.3) is 0 Å². The van der Waals surface area contributed by atoms with Gasteiger partial charge in [0.1, 0.15) is 5.82 Å². The molecule has 3 nitrogen and oxygen atoms in total. The molecule has 1 aliphatic carbocycles. The number of hydrogen-bond acceptors (Lipinski definition) is 2. The minimum absolute atomic E-state index is 0.135. The monoisotopic (exact) mass is 228 g/mol. The lowest BCUT2D eigenvalue weighted by atomic mass is 9.94. The average Bonchev–Trinajstić information content (AvgIpc) is 2.99. The van der Waals surface area contributed by atoms with Crippen molar-refractivity contribution in [1.82, 2.24) is 0 Å². The Hall–Kier alpha value is -1.65. The largest absolute Gasteiger partial charge is 0.494 e. The van der Waals surface area contributed by atoms with Gasteiger partial charge in [-0.3, -0.25) is 4.79 Å². The summed E-state index contributed by atoms with van der Waals surface area (Å²) in [5.74, 6) is -3.08. The predicted molar refractivity (Wildman–Crippen MR) is 51.5 cm³/mol. The molecule has 0 aliphatic heterocycles. The van der Waals surface area contributed by atoms with E-state index in [4.69, 9.17) is 9.84 Å². The highest BCUT2D eigenvalue weighted by molar-refractivity contribution is 5.85. The molecule has 0 spiro atoms. The van der Waals surface area contributed by atoms with Gasteiger partial charge in [-0.1, -0.05) is 0 Å². The van der Waals surface area contributed by atoms with E-state index in [9.17, 15) is 13.6 Å². The molecule has 0 saturated heterocycles. The summed E-state index contributed by atoms with van der Waals surface area (Å²) in [6.07, 6.45) is 0.507. The molecule has 5 heteroatoms. The zero-order valence-electron chi connectivity index (χ0n) is 8.59. The SMILES string of the molecule is COc1ccc(F)c(C2(C(=O)O)CC2)c1F. The third-order valence-electron chi connectivity index (χ3n) is 2.91. The smallest absolute Gasteiger partial charge is 0.314 e. The molecule has 86 valence electrons. The molecule has 16 heavy (non-hydrogen) atoms. The van der Waals surface area contributed by atoms with Crippen LogP contribution in [-0.4, -0.2) is 18.2 Å². The van der Waals surface area contributed by atoms with Crippen LogP contribution in [0.15, 0.2) is 12.1 Å².